The number of rotatable bonds is 9. The molecule has 3 aliphatic heterocycles. The molecule has 5 aliphatic carbocycles. The van der Waals surface area contributed by atoms with Crippen molar-refractivity contribution < 1.29 is 94.5 Å². The maximum absolute atomic E-state index is 15.0. The Bertz CT molecular complexity index is 1820. The molecule has 12 N–H and O–H groups in total. The van der Waals surface area contributed by atoms with Crippen LogP contribution in [0.1, 0.15) is 99.8 Å². The summed E-state index contributed by atoms with van der Waals surface area (Å²) in [6, 6.07) is 0. The first-order valence-electron chi connectivity index (χ1n) is 24.5. The Morgan fingerprint density at radius 2 is 1.34 bits per heavy atom. The van der Waals surface area contributed by atoms with Gasteiger partial charge in [-0.05, 0) is 104 Å². The summed E-state index contributed by atoms with van der Waals surface area (Å²) in [6.45, 7) is 13.0. The van der Waals surface area contributed by atoms with Gasteiger partial charge in [0.1, 0.15) is 67.1 Å². The molecule has 0 aromatic carbocycles. The summed E-state index contributed by atoms with van der Waals surface area (Å²) < 4.78 is 34.7. The smallest absolute Gasteiger partial charge is 0.315 e. The maximum Gasteiger partial charge on any atom is 0.315 e. The summed E-state index contributed by atoms with van der Waals surface area (Å²) in [6.07, 6.45) is -18.9. The van der Waals surface area contributed by atoms with Crippen LogP contribution in [0.15, 0.2) is 11.6 Å². The van der Waals surface area contributed by atoms with E-state index in [1.54, 1.807) is 0 Å². The monoisotopic (exact) mass is 959 g/mol. The fraction of sp³-hybridized carbons (Fsp3) is 0.938. The summed E-state index contributed by atoms with van der Waals surface area (Å²) in [7, 11) is 0. The van der Waals surface area contributed by atoms with Crippen molar-refractivity contribution >= 4 is 5.97 Å². The molecule has 67 heavy (non-hydrogen) atoms. The van der Waals surface area contributed by atoms with E-state index in [2.05, 4.69) is 40.7 Å². The zero-order valence-electron chi connectivity index (χ0n) is 39.8. The second-order valence-electron chi connectivity index (χ2n) is 22.9. The average molecular weight is 959 g/mol. The van der Waals surface area contributed by atoms with Gasteiger partial charge in [-0.15, -0.1) is 0 Å². The number of ether oxygens (including phenoxy) is 6. The molecule has 4 saturated carbocycles. The topological polar surface area (TPSA) is 315 Å². The van der Waals surface area contributed by atoms with Crippen LogP contribution in [-0.4, -0.2) is 191 Å². The van der Waals surface area contributed by atoms with Gasteiger partial charge in [0, 0.05) is 5.41 Å². The second kappa shape index (κ2) is 18.5. The van der Waals surface area contributed by atoms with Crippen LogP contribution >= 0.6 is 0 Å². The van der Waals surface area contributed by atoms with E-state index < -0.39 is 134 Å². The fourth-order valence-corrected chi connectivity index (χ4v) is 15.2. The van der Waals surface area contributed by atoms with E-state index >= 15 is 4.79 Å². The third kappa shape index (κ3) is 7.92. The van der Waals surface area contributed by atoms with E-state index in [1.165, 1.54) is 12.5 Å². The summed E-state index contributed by atoms with van der Waals surface area (Å²) in [5.74, 6) is -0.386. The van der Waals surface area contributed by atoms with Gasteiger partial charge in [-0.25, -0.2) is 0 Å². The Morgan fingerprint density at radius 1 is 0.701 bits per heavy atom. The number of aliphatic hydroxyl groups excluding tert-OH is 12. The van der Waals surface area contributed by atoms with E-state index in [-0.39, 0.29) is 52.4 Å². The zero-order chi connectivity index (χ0) is 49.1. The van der Waals surface area contributed by atoms with Crippen LogP contribution in [0.25, 0.3) is 0 Å². The highest BCUT2D eigenvalue weighted by molar-refractivity contribution is 5.79. The number of fused-ring (bicyclic) bond motifs is 7. The molecule has 8 aliphatic rings. The molecule has 0 radical (unpaired) electrons. The molecular weight excluding hydrogens is 881 g/mol. The number of esters is 1. The minimum absolute atomic E-state index is 0.0112. The lowest BCUT2D eigenvalue weighted by molar-refractivity contribution is -0.361. The van der Waals surface area contributed by atoms with E-state index in [9.17, 15) is 61.3 Å². The first kappa shape index (κ1) is 51.9. The van der Waals surface area contributed by atoms with Crippen LogP contribution in [0.2, 0.25) is 0 Å². The van der Waals surface area contributed by atoms with Crippen molar-refractivity contribution in [2.45, 2.75) is 204 Å². The molecule has 19 nitrogen and oxygen atoms in total. The Morgan fingerprint density at radius 3 is 2.01 bits per heavy atom. The second-order valence-corrected chi connectivity index (χ2v) is 22.9. The molecule has 27 atom stereocenters. The standard InChI is InChI=1S/C48H78O19/c1-20-10-13-48(15-14-46(6)23(29(48)21(20)2)8-9-28-44(4)16-24(51)39(60)45(5,19-50)27(44)11-12-47(28,46)7)43(61)67-42-36(58)33(55)31(53)26(65-42)18-62-40-37(59)34(56)38(25(17-49)64-40)66-41-35(57)32(54)30(52)22(3)63-41/h8,20-22,24-42,49-60H,9-19H2,1-7H3/t20-,21+,22-,24-,25-,26-,27-,28-,29+,30+,31-,32-,33+,34-,35-,36-,37-,38-,39+,40-,41+,42+,44+,45+,46-,47-,48+/m1/s1. The minimum atomic E-state index is -1.86. The van der Waals surface area contributed by atoms with Gasteiger partial charge in [0.15, 0.2) is 12.6 Å². The van der Waals surface area contributed by atoms with Crippen LogP contribution in [0, 0.1) is 56.7 Å². The Hall–Kier alpha value is -1.47. The zero-order valence-corrected chi connectivity index (χ0v) is 39.8. The first-order chi connectivity index (χ1) is 31.4. The van der Waals surface area contributed by atoms with Crippen LogP contribution in [0.4, 0.5) is 0 Å². The number of carbonyl (C=O) groups excluding carboxylic acids is 1. The average Bonchev–Trinajstić information content (AvgIpc) is 3.29. The largest absolute Gasteiger partial charge is 0.432 e. The normalized spacial score (nSPS) is 56.7. The highest BCUT2D eigenvalue weighted by Crippen LogP contribution is 2.76. The predicted octanol–water partition coefficient (Wildman–Crippen LogP) is -1.03. The molecule has 3 saturated heterocycles. The van der Waals surface area contributed by atoms with Gasteiger partial charge < -0.3 is 89.7 Å². The van der Waals surface area contributed by atoms with E-state index in [1.807, 2.05) is 6.92 Å². The summed E-state index contributed by atoms with van der Waals surface area (Å²) in [5.41, 5.74) is -1.64. The summed E-state index contributed by atoms with van der Waals surface area (Å²) >= 11 is 0. The van der Waals surface area contributed by atoms with Gasteiger partial charge in [-0.3, -0.25) is 4.79 Å². The summed E-state index contributed by atoms with van der Waals surface area (Å²) in [5, 5.41) is 130. The lowest BCUT2D eigenvalue weighted by Gasteiger charge is -2.71. The van der Waals surface area contributed by atoms with Gasteiger partial charge in [-0.2, -0.15) is 0 Å². The minimum Gasteiger partial charge on any atom is -0.432 e. The van der Waals surface area contributed by atoms with Gasteiger partial charge in [0.05, 0.1) is 43.5 Å². The number of allylic oxidation sites excluding steroid dienone is 2. The molecule has 0 unspecified atom stereocenters. The van der Waals surface area contributed by atoms with Gasteiger partial charge in [0.2, 0.25) is 6.29 Å². The molecule has 0 amide bonds. The lowest BCUT2D eigenvalue weighted by Crippen LogP contribution is -2.68. The van der Waals surface area contributed by atoms with Crippen molar-refractivity contribution in [3.63, 3.8) is 0 Å². The highest BCUT2D eigenvalue weighted by atomic mass is 16.8. The highest BCUT2D eigenvalue weighted by Gasteiger charge is 2.71. The molecular formula is C48H78O19. The molecule has 0 aromatic heterocycles. The fourth-order valence-electron chi connectivity index (χ4n) is 15.2. The Kier molecular flexibility index (Phi) is 14.4. The maximum atomic E-state index is 15.0. The molecule has 0 bridgehead atoms. The molecule has 19 heteroatoms. The quantitative estimate of drug-likeness (QED) is 0.0971. The molecule has 0 aromatic rings. The number of carbonyl (C=O) groups is 1. The van der Waals surface area contributed by atoms with E-state index in [0.717, 1.165) is 19.3 Å². The van der Waals surface area contributed by atoms with Crippen molar-refractivity contribution in [1.29, 1.82) is 0 Å². The van der Waals surface area contributed by atoms with Gasteiger partial charge in [0.25, 0.3) is 0 Å². The lowest BCUT2D eigenvalue weighted by atomic mass is 9.33. The van der Waals surface area contributed by atoms with E-state index in [4.69, 9.17) is 28.4 Å². The van der Waals surface area contributed by atoms with Crippen LogP contribution in [0.5, 0.6) is 0 Å². The van der Waals surface area contributed by atoms with Crippen molar-refractivity contribution in [3.05, 3.63) is 11.6 Å². The number of hydrogen-bond acceptors (Lipinski definition) is 19. The number of aliphatic hydroxyl groups is 12. The van der Waals surface area contributed by atoms with Crippen molar-refractivity contribution in [1.82, 2.24) is 0 Å². The van der Waals surface area contributed by atoms with Crippen LogP contribution < -0.4 is 0 Å². The molecule has 7 fully saturated rings. The first-order valence-corrected chi connectivity index (χ1v) is 24.5. The van der Waals surface area contributed by atoms with Crippen molar-refractivity contribution in [2.24, 2.45) is 56.7 Å². The molecule has 384 valence electrons. The van der Waals surface area contributed by atoms with Crippen LogP contribution in [-0.2, 0) is 33.2 Å². The Balaban J connectivity index is 0.985. The molecule has 3 heterocycles. The molecule has 8 rings (SSSR count). The third-order valence-corrected chi connectivity index (χ3v) is 19.7. The third-order valence-electron chi connectivity index (χ3n) is 19.7. The SMILES string of the molecule is C[C@H]1[C@H](C)CC[C@]2(C(=O)O[C@@H]3O[C@H](CO[C@@H]4O[C@H](CO)[C@@H](O[C@@H]5O[C@H](C)[C@H](O)[C@@H](O)[C@H]5O)[C@H](O)[C@H]4O)[C@@H](O)[C@H](O)[C@H]3O)CC[C@]3(C)C(=CC[C@@H]4[C@@]5(C)C[C@@H](O)[C@H](O)[C@@](C)(CO)[C@@H]5CC[C@]43C)[C@H]12. The van der Waals surface area contributed by atoms with E-state index in [0.29, 0.717) is 32.1 Å². The van der Waals surface area contributed by atoms with Crippen molar-refractivity contribution in [2.75, 3.05) is 19.8 Å². The number of hydrogen-bond donors (Lipinski definition) is 12. The summed E-state index contributed by atoms with van der Waals surface area (Å²) in [4.78, 5) is 15.0. The van der Waals surface area contributed by atoms with Gasteiger partial charge >= 0.3 is 5.97 Å². The molecule has 0 spiro atoms. The van der Waals surface area contributed by atoms with Gasteiger partial charge in [-0.1, -0.05) is 53.2 Å². The van der Waals surface area contributed by atoms with Crippen molar-refractivity contribution in [3.8, 4) is 0 Å². The van der Waals surface area contributed by atoms with Crippen LogP contribution in [0.3, 0.4) is 0 Å². The Labute approximate surface area is 392 Å². The predicted molar refractivity (Wildman–Crippen MR) is 231 cm³/mol.